The van der Waals surface area contributed by atoms with E-state index in [1.54, 1.807) is 11.8 Å². The average molecular weight is 370 g/mol. The zero-order valence-corrected chi connectivity index (χ0v) is 14.4. The fraction of sp³-hybridized carbons (Fsp3) is 0.529. The molecule has 142 valence electrons. The molecule has 3 rings (SSSR count). The predicted molar refractivity (Wildman–Crippen MR) is 88.2 cm³/mol. The number of methoxy groups -OCH3 is 1. The van der Waals surface area contributed by atoms with E-state index in [4.69, 9.17) is 10.5 Å². The molecule has 1 aliphatic carbocycles. The molecule has 0 amide bonds. The number of rotatable bonds is 6. The van der Waals surface area contributed by atoms with Gasteiger partial charge in [-0.1, -0.05) is 0 Å². The Hall–Kier alpha value is -2.13. The normalized spacial score (nSPS) is 20.5. The van der Waals surface area contributed by atoms with Crippen molar-refractivity contribution in [3.05, 3.63) is 35.9 Å². The monoisotopic (exact) mass is 370 g/mol. The van der Waals surface area contributed by atoms with Gasteiger partial charge in [0, 0.05) is 25.5 Å². The summed E-state index contributed by atoms with van der Waals surface area (Å²) in [6.07, 6.45) is -1.50. The van der Waals surface area contributed by atoms with Gasteiger partial charge in [0.15, 0.2) is 5.82 Å². The Bertz CT molecular complexity index is 731. The fourth-order valence-electron chi connectivity index (χ4n) is 3.16. The minimum absolute atomic E-state index is 0.134. The Kier molecular flexibility index (Phi) is 5.47. The molecule has 1 aromatic heterocycles. The molecule has 2 atom stereocenters. The van der Waals surface area contributed by atoms with Crippen LogP contribution in [0.4, 0.5) is 13.2 Å². The van der Waals surface area contributed by atoms with Gasteiger partial charge in [-0.25, -0.2) is 9.67 Å². The summed E-state index contributed by atoms with van der Waals surface area (Å²) in [6.45, 7) is 0.492. The van der Waals surface area contributed by atoms with Crippen LogP contribution in [0.3, 0.4) is 0 Å². The first-order chi connectivity index (χ1) is 12.4. The molecule has 1 heterocycles. The molecule has 9 heteroatoms. The van der Waals surface area contributed by atoms with Crippen molar-refractivity contribution in [2.75, 3.05) is 13.7 Å². The molecule has 1 fully saturated rings. The Morgan fingerprint density at radius 2 is 1.96 bits per heavy atom. The molecule has 1 aliphatic rings. The third-order valence-corrected chi connectivity index (χ3v) is 4.36. The van der Waals surface area contributed by atoms with Crippen molar-refractivity contribution in [3.63, 3.8) is 0 Å². The van der Waals surface area contributed by atoms with E-state index in [1.165, 1.54) is 24.3 Å². The van der Waals surface area contributed by atoms with Gasteiger partial charge in [-0.3, -0.25) is 0 Å². The van der Waals surface area contributed by atoms with E-state index in [-0.39, 0.29) is 17.7 Å². The number of nitrogens with zero attached hydrogens (tertiary/aromatic N) is 3. The van der Waals surface area contributed by atoms with Gasteiger partial charge in [0.25, 0.3) is 0 Å². The first-order valence-electron chi connectivity index (χ1n) is 8.42. The molecule has 2 N–H and O–H groups in total. The molecular formula is C17H21F3N4O2. The zero-order valence-electron chi connectivity index (χ0n) is 14.4. The second kappa shape index (κ2) is 7.63. The lowest BCUT2D eigenvalue weighted by Crippen LogP contribution is -2.17. The molecule has 0 bridgehead atoms. The summed E-state index contributed by atoms with van der Waals surface area (Å²) in [7, 11) is 1.60. The Labute approximate surface area is 149 Å². The largest absolute Gasteiger partial charge is 0.573 e. The minimum atomic E-state index is -4.72. The molecule has 26 heavy (non-hydrogen) atoms. The van der Waals surface area contributed by atoms with Crippen molar-refractivity contribution in [2.45, 2.75) is 44.0 Å². The van der Waals surface area contributed by atoms with Gasteiger partial charge in [-0.2, -0.15) is 5.10 Å². The van der Waals surface area contributed by atoms with Crippen LogP contribution < -0.4 is 10.5 Å². The number of ether oxygens (including phenoxy) is 2. The van der Waals surface area contributed by atoms with E-state index in [0.29, 0.717) is 24.5 Å². The molecule has 0 spiro atoms. The summed E-state index contributed by atoms with van der Waals surface area (Å²) in [5.41, 5.74) is 6.65. The predicted octanol–water partition coefficient (Wildman–Crippen LogP) is 2.95. The van der Waals surface area contributed by atoms with Crippen LogP contribution in [0.15, 0.2) is 24.3 Å². The lowest BCUT2D eigenvalue weighted by molar-refractivity contribution is -0.274. The van der Waals surface area contributed by atoms with Crippen LogP contribution in [-0.4, -0.2) is 40.9 Å². The van der Waals surface area contributed by atoms with Crippen LogP contribution in [0.25, 0.3) is 5.69 Å². The summed E-state index contributed by atoms with van der Waals surface area (Å²) in [4.78, 5) is 4.63. The highest BCUT2D eigenvalue weighted by atomic mass is 19.4. The van der Waals surface area contributed by atoms with Gasteiger partial charge in [-0.15, -0.1) is 13.2 Å². The number of alkyl halides is 3. The molecular weight excluding hydrogens is 349 g/mol. The SMILES string of the molecule is COCCc1nc([C@@H]2CC[C@H](N)C2)n(-c2ccc(OC(F)(F)F)cc2)n1. The smallest absolute Gasteiger partial charge is 0.406 e. The van der Waals surface area contributed by atoms with Crippen molar-refractivity contribution < 1.29 is 22.6 Å². The minimum Gasteiger partial charge on any atom is -0.406 e. The quantitative estimate of drug-likeness (QED) is 0.846. The maximum Gasteiger partial charge on any atom is 0.573 e. The number of benzene rings is 1. The number of aromatic nitrogens is 3. The maximum absolute atomic E-state index is 12.3. The lowest BCUT2D eigenvalue weighted by atomic mass is 10.1. The van der Waals surface area contributed by atoms with Crippen LogP contribution in [0.2, 0.25) is 0 Å². The van der Waals surface area contributed by atoms with Crippen LogP contribution in [0.5, 0.6) is 5.75 Å². The van der Waals surface area contributed by atoms with Crippen LogP contribution in [-0.2, 0) is 11.2 Å². The average Bonchev–Trinajstić information content (AvgIpc) is 3.18. The first kappa shape index (κ1) is 18.7. The maximum atomic E-state index is 12.3. The molecule has 2 aromatic rings. The van der Waals surface area contributed by atoms with Crippen molar-refractivity contribution in [2.24, 2.45) is 5.73 Å². The Morgan fingerprint density at radius 1 is 1.23 bits per heavy atom. The van der Waals surface area contributed by atoms with E-state index in [2.05, 4.69) is 14.8 Å². The van der Waals surface area contributed by atoms with Gasteiger partial charge < -0.3 is 15.2 Å². The van der Waals surface area contributed by atoms with E-state index >= 15 is 0 Å². The molecule has 1 aromatic carbocycles. The standard InChI is InChI=1S/C17H21F3N4O2/c1-25-9-8-15-22-16(11-2-3-12(21)10-11)24(23-15)13-4-6-14(7-5-13)26-17(18,19)20/h4-7,11-12H,2-3,8-10,21H2,1H3/t11-,12+/m1/s1. The number of hydrogen-bond donors (Lipinski definition) is 1. The van der Waals surface area contributed by atoms with Gasteiger partial charge in [0.1, 0.15) is 11.6 Å². The van der Waals surface area contributed by atoms with E-state index in [0.717, 1.165) is 25.1 Å². The van der Waals surface area contributed by atoms with E-state index in [9.17, 15) is 13.2 Å². The van der Waals surface area contributed by atoms with Gasteiger partial charge in [0.2, 0.25) is 0 Å². The van der Waals surface area contributed by atoms with Gasteiger partial charge in [-0.05, 0) is 43.5 Å². The summed E-state index contributed by atoms with van der Waals surface area (Å²) in [5, 5.41) is 4.51. The highest BCUT2D eigenvalue weighted by Gasteiger charge is 2.31. The summed E-state index contributed by atoms with van der Waals surface area (Å²) < 4.78 is 47.6. The molecule has 0 unspecified atom stereocenters. The Balaban J connectivity index is 1.88. The topological polar surface area (TPSA) is 75.2 Å². The first-order valence-corrected chi connectivity index (χ1v) is 8.42. The molecule has 1 saturated carbocycles. The van der Waals surface area contributed by atoms with Crippen molar-refractivity contribution in [1.29, 1.82) is 0 Å². The van der Waals surface area contributed by atoms with Crippen LogP contribution in [0.1, 0.15) is 36.8 Å². The summed E-state index contributed by atoms with van der Waals surface area (Å²) in [6, 6.07) is 5.74. The van der Waals surface area contributed by atoms with Crippen molar-refractivity contribution >= 4 is 0 Å². The number of halogens is 3. The molecule has 0 saturated heterocycles. The van der Waals surface area contributed by atoms with Gasteiger partial charge in [0.05, 0.1) is 12.3 Å². The molecule has 0 aliphatic heterocycles. The van der Waals surface area contributed by atoms with E-state index in [1.807, 2.05) is 0 Å². The van der Waals surface area contributed by atoms with Crippen molar-refractivity contribution in [3.8, 4) is 11.4 Å². The van der Waals surface area contributed by atoms with Gasteiger partial charge >= 0.3 is 6.36 Å². The van der Waals surface area contributed by atoms with E-state index < -0.39 is 6.36 Å². The highest BCUT2D eigenvalue weighted by molar-refractivity contribution is 5.38. The summed E-state index contributed by atoms with van der Waals surface area (Å²) >= 11 is 0. The Morgan fingerprint density at radius 3 is 2.54 bits per heavy atom. The number of nitrogens with two attached hydrogens (primary N) is 1. The number of hydrogen-bond acceptors (Lipinski definition) is 5. The summed E-state index contributed by atoms with van der Waals surface area (Å²) in [5.74, 6) is 1.33. The molecule has 6 nitrogen and oxygen atoms in total. The second-order valence-corrected chi connectivity index (χ2v) is 6.35. The third-order valence-electron chi connectivity index (χ3n) is 4.36. The third kappa shape index (κ3) is 4.53. The fourth-order valence-corrected chi connectivity index (χ4v) is 3.16. The lowest BCUT2D eigenvalue weighted by Gasteiger charge is -2.12. The molecule has 0 radical (unpaired) electrons. The van der Waals surface area contributed by atoms with Crippen LogP contribution in [0, 0.1) is 0 Å². The van der Waals surface area contributed by atoms with Crippen LogP contribution >= 0.6 is 0 Å². The second-order valence-electron chi connectivity index (χ2n) is 6.35. The van der Waals surface area contributed by atoms with Crippen molar-refractivity contribution in [1.82, 2.24) is 14.8 Å². The highest BCUT2D eigenvalue weighted by Crippen LogP contribution is 2.34. The zero-order chi connectivity index (χ0) is 18.7.